The second-order valence-electron chi connectivity index (χ2n) is 3.25. The lowest BCUT2D eigenvalue weighted by atomic mass is 10.4. The Labute approximate surface area is 104 Å². The fraction of sp³-hybridized carbons (Fsp3) is 0.556. The smallest absolute Gasteiger partial charge is 0.169 e. The van der Waals surface area contributed by atoms with E-state index in [1.54, 1.807) is 6.20 Å². The molecule has 0 unspecified atom stereocenters. The Hall–Kier alpha value is -0.620. The first-order chi connectivity index (χ1) is 7.06. The van der Waals surface area contributed by atoms with Crippen LogP contribution in [0.15, 0.2) is 10.7 Å². The number of rotatable bonds is 3. The predicted octanol–water partition coefficient (Wildman–Crippen LogP) is 1.51. The highest BCUT2D eigenvalue weighted by atomic mass is 79.9. The molecule has 0 fully saturated rings. The van der Waals surface area contributed by atoms with Gasteiger partial charge in [0.2, 0.25) is 0 Å². The largest absolute Gasteiger partial charge is 0.363 e. The van der Waals surface area contributed by atoms with Crippen LogP contribution in [0.4, 0.5) is 0 Å². The number of halogens is 1. The molecule has 0 spiro atoms. The Bertz CT molecular complexity index is 330. The van der Waals surface area contributed by atoms with Crippen molar-refractivity contribution >= 4 is 33.3 Å². The van der Waals surface area contributed by atoms with Crippen LogP contribution in [0.25, 0.3) is 0 Å². The van der Waals surface area contributed by atoms with Crippen LogP contribution in [0.5, 0.6) is 0 Å². The van der Waals surface area contributed by atoms with Crippen molar-refractivity contribution in [1.82, 2.24) is 20.0 Å². The molecule has 1 heterocycles. The standard InChI is InChI=1S/C9H15BrN4S/c1-4-11-9(15)13(2)6-8-7(10)5-12-14(8)3/h5H,4,6H2,1-3H3,(H,11,15). The van der Waals surface area contributed by atoms with Gasteiger partial charge in [0.25, 0.3) is 0 Å². The molecule has 0 aromatic carbocycles. The molecule has 0 atom stereocenters. The lowest BCUT2D eigenvalue weighted by Gasteiger charge is -2.20. The van der Waals surface area contributed by atoms with Gasteiger partial charge in [-0.1, -0.05) is 0 Å². The summed E-state index contributed by atoms with van der Waals surface area (Å²) in [6, 6.07) is 0. The Morgan fingerprint density at radius 3 is 2.87 bits per heavy atom. The first kappa shape index (κ1) is 12.4. The molecule has 15 heavy (non-hydrogen) atoms. The van der Waals surface area contributed by atoms with E-state index in [9.17, 15) is 0 Å². The molecule has 1 aromatic heterocycles. The van der Waals surface area contributed by atoms with E-state index in [4.69, 9.17) is 12.2 Å². The topological polar surface area (TPSA) is 33.1 Å². The summed E-state index contributed by atoms with van der Waals surface area (Å²) >= 11 is 8.67. The zero-order valence-corrected chi connectivity index (χ0v) is 11.5. The Balaban J connectivity index is 2.66. The number of aryl methyl sites for hydroxylation is 1. The summed E-state index contributed by atoms with van der Waals surface area (Å²) in [5.41, 5.74) is 1.11. The molecule has 0 aliphatic carbocycles. The third-order valence-corrected chi connectivity index (χ3v) is 3.19. The maximum atomic E-state index is 5.21. The molecule has 1 aromatic rings. The van der Waals surface area contributed by atoms with E-state index >= 15 is 0 Å². The maximum absolute atomic E-state index is 5.21. The zero-order chi connectivity index (χ0) is 11.4. The highest BCUT2D eigenvalue weighted by Crippen LogP contribution is 2.16. The van der Waals surface area contributed by atoms with E-state index in [1.807, 2.05) is 30.6 Å². The minimum Gasteiger partial charge on any atom is -0.363 e. The monoisotopic (exact) mass is 290 g/mol. The number of nitrogens with zero attached hydrogens (tertiary/aromatic N) is 3. The van der Waals surface area contributed by atoms with Gasteiger partial charge in [0.15, 0.2) is 5.11 Å². The average molecular weight is 291 g/mol. The minimum absolute atomic E-state index is 0.739. The van der Waals surface area contributed by atoms with Crippen LogP contribution in [-0.2, 0) is 13.6 Å². The molecule has 6 heteroatoms. The van der Waals surface area contributed by atoms with Crippen molar-refractivity contribution in [3.8, 4) is 0 Å². The van der Waals surface area contributed by atoms with E-state index in [-0.39, 0.29) is 0 Å². The molecule has 0 radical (unpaired) electrons. The van der Waals surface area contributed by atoms with Crippen LogP contribution in [0.3, 0.4) is 0 Å². The molecule has 0 aliphatic heterocycles. The second-order valence-corrected chi connectivity index (χ2v) is 4.50. The first-order valence-corrected chi connectivity index (χ1v) is 5.91. The summed E-state index contributed by atoms with van der Waals surface area (Å²) < 4.78 is 2.85. The molecular formula is C9H15BrN4S. The molecule has 0 amide bonds. The third kappa shape index (κ3) is 3.17. The summed E-state index contributed by atoms with van der Waals surface area (Å²) in [5.74, 6) is 0. The van der Waals surface area contributed by atoms with E-state index < -0.39 is 0 Å². The molecule has 0 saturated heterocycles. The van der Waals surface area contributed by atoms with Crippen molar-refractivity contribution in [3.05, 3.63) is 16.4 Å². The number of hydrogen-bond donors (Lipinski definition) is 1. The van der Waals surface area contributed by atoms with E-state index in [2.05, 4.69) is 26.3 Å². The van der Waals surface area contributed by atoms with Gasteiger partial charge in [0.05, 0.1) is 22.9 Å². The molecule has 1 N–H and O–H groups in total. The lowest BCUT2D eigenvalue weighted by molar-refractivity contribution is 0.467. The fourth-order valence-electron chi connectivity index (χ4n) is 1.20. The highest BCUT2D eigenvalue weighted by Gasteiger charge is 2.10. The van der Waals surface area contributed by atoms with Gasteiger partial charge in [0.1, 0.15) is 0 Å². The van der Waals surface area contributed by atoms with Gasteiger partial charge < -0.3 is 10.2 Å². The van der Waals surface area contributed by atoms with Crippen LogP contribution in [0.2, 0.25) is 0 Å². The first-order valence-electron chi connectivity index (χ1n) is 4.71. The summed E-state index contributed by atoms with van der Waals surface area (Å²) in [6.07, 6.45) is 1.79. The summed E-state index contributed by atoms with van der Waals surface area (Å²) in [4.78, 5) is 1.99. The Kier molecular flexibility index (Phi) is 4.53. The number of thiocarbonyl (C=S) groups is 1. The van der Waals surface area contributed by atoms with Crippen LogP contribution >= 0.6 is 28.1 Å². The van der Waals surface area contributed by atoms with Gasteiger partial charge in [-0.3, -0.25) is 4.68 Å². The predicted molar refractivity (Wildman–Crippen MR) is 68.6 cm³/mol. The minimum atomic E-state index is 0.739. The maximum Gasteiger partial charge on any atom is 0.169 e. The lowest BCUT2D eigenvalue weighted by Crippen LogP contribution is -2.36. The summed E-state index contributed by atoms with van der Waals surface area (Å²) in [7, 11) is 3.88. The molecule has 0 bridgehead atoms. The quantitative estimate of drug-likeness (QED) is 0.856. The van der Waals surface area contributed by atoms with Crippen molar-refractivity contribution < 1.29 is 0 Å². The van der Waals surface area contributed by atoms with Gasteiger partial charge >= 0.3 is 0 Å². The van der Waals surface area contributed by atoms with Crippen LogP contribution < -0.4 is 5.32 Å². The molecule has 1 rings (SSSR count). The van der Waals surface area contributed by atoms with Gasteiger partial charge in [-0.15, -0.1) is 0 Å². The van der Waals surface area contributed by atoms with Crippen LogP contribution in [-0.4, -0.2) is 33.4 Å². The Morgan fingerprint density at radius 2 is 2.40 bits per heavy atom. The second kappa shape index (κ2) is 5.46. The molecule has 4 nitrogen and oxygen atoms in total. The van der Waals surface area contributed by atoms with Crippen LogP contribution in [0.1, 0.15) is 12.6 Å². The summed E-state index contributed by atoms with van der Waals surface area (Å²) in [5, 5.41) is 8.02. The van der Waals surface area contributed by atoms with Gasteiger partial charge in [0, 0.05) is 20.6 Å². The SMILES string of the molecule is CCNC(=S)N(C)Cc1c(Br)cnn1C. The third-order valence-electron chi connectivity index (χ3n) is 2.07. The van der Waals surface area contributed by atoms with Crippen molar-refractivity contribution in [2.75, 3.05) is 13.6 Å². The van der Waals surface area contributed by atoms with Crippen molar-refractivity contribution in [1.29, 1.82) is 0 Å². The highest BCUT2D eigenvalue weighted by molar-refractivity contribution is 9.10. The number of aromatic nitrogens is 2. The normalized spacial score (nSPS) is 10.1. The average Bonchev–Trinajstić information content (AvgIpc) is 2.49. The van der Waals surface area contributed by atoms with Crippen LogP contribution in [0, 0.1) is 0 Å². The summed E-state index contributed by atoms with van der Waals surface area (Å²) in [6.45, 7) is 3.61. The van der Waals surface area contributed by atoms with Crippen molar-refractivity contribution in [2.24, 2.45) is 7.05 Å². The number of nitrogens with one attached hydrogen (secondary N) is 1. The zero-order valence-electron chi connectivity index (χ0n) is 9.12. The fourth-order valence-corrected chi connectivity index (χ4v) is 1.88. The molecule has 84 valence electrons. The van der Waals surface area contributed by atoms with Gasteiger partial charge in [-0.2, -0.15) is 5.10 Å². The van der Waals surface area contributed by atoms with Crippen molar-refractivity contribution in [3.63, 3.8) is 0 Å². The van der Waals surface area contributed by atoms with E-state index in [1.165, 1.54) is 0 Å². The molecule has 0 saturated carbocycles. The molecular weight excluding hydrogens is 276 g/mol. The van der Waals surface area contributed by atoms with Gasteiger partial charge in [-0.05, 0) is 35.1 Å². The van der Waals surface area contributed by atoms with Crippen molar-refractivity contribution in [2.45, 2.75) is 13.5 Å². The van der Waals surface area contributed by atoms with Gasteiger partial charge in [-0.25, -0.2) is 0 Å². The molecule has 0 aliphatic rings. The van der Waals surface area contributed by atoms with E-state index in [0.29, 0.717) is 0 Å². The van der Waals surface area contributed by atoms with E-state index in [0.717, 1.165) is 28.4 Å². The number of hydrogen-bond acceptors (Lipinski definition) is 2. The Morgan fingerprint density at radius 1 is 1.73 bits per heavy atom.